The van der Waals surface area contributed by atoms with Crippen LogP contribution in [0.4, 0.5) is 11.4 Å². The highest BCUT2D eigenvalue weighted by atomic mass is 15.1. The Morgan fingerprint density at radius 3 is 2.20 bits per heavy atom. The van der Waals surface area contributed by atoms with Gasteiger partial charge >= 0.3 is 0 Å². The molecule has 0 amide bonds. The van der Waals surface area contributed by atoms with Crippen LogP contribution >= 0.6 is 0 Å². The fourth-order valence-electron chi connectivity index (χ4n) is 2.59. The van der Waals surface area contributed by atoms with Crippen molar-refractivity contribution in [2.24, 2.45) is 4.99 Å². The second-order valence-corrected chi connectivity index (χ2v) is 5.23. The molecule has 0 aliphatic carbocycles. The van der Waals surface area contributed by atoms with Gasteiger partial charge in [-0.25, -0.2) is 0 Å². The van der Waals surface area contributed by atoms with Gasteiger partial charge in [-0.2, -0.15) is 0 Å². The normalized spacial score (nSPS) is 15.7. The smallest absolute Gasteiger partial charge is 0.0629 e. The van der Waals surface area contributed by atoms with E-state index in [1.54, 1.807) is 0 Å². The summed E-state index contributed by atoms with van der Waals surface area (Å²) < 4.78 is 0. The first-order valence-electron chi connectivity index (χ1n) is 7.36. The molecule has 1 heterocycles. The lowest BCUT2D eigenvalue weighted by atomic mass is 10.1. The molecule has 0 bridgehead atoms. The van der Waals surface area contributed by atoms with Gasteiger partial charge in [0.05, 0.1) is 5.69 Å². The van der Waals surface area contributed by atoms with E-state index in [0.717, 1.165) is 11.3 Å². The topological polar surface area (TPSA) is 15.6 Å². The molecule has 2 aromatic carbocycles. The molecule has 102 valence electrons. The first-order chi connectivity index (χ1) is 9.92. The Balaban J connectivity index is 1.68. The highest BCUT2D eigenvalue weighted by molar-refractivity contribution is 5.82. The summed E-state index contributed by atoms with van der Waals surface area (Å²) in [7, 11) is 0. The Bertz CT molecular complexity index is 552. The number of aliphatic imine (C=N–C) groups is 1. The van der Waals surface area contributed by atoms with Gasteiger partial charge in [0.15, 0.2) is 0 Å². The van der Waals surface area contributed by atoms with Crippen molar-refractivity contribution < 1.29 is 0 Å². The minimum atomic E-state index is 0.993. The van der Waals surface area contributed by atoms with Crippen LogP contribution in [-0.2, 0) is 0 Å². The van der Waals surface area contributed by atoms with Crippen LogP contribution in [-0.4, -0.2) is 19.3 Å². The SMILES string of the molecule is C(=Nc1ccccc1)c1ccc(N2CCCCC2)cc1. The maximum absolute atomic E-state index is 4.48. The van der Waals surface area contributed by atoms with E-state index in [2.05, 4.69) is 34.2 Å². The second-order valence-electron chi connectivity index (χ2n) is 5.23. The highest BCUT2D eigenvalue weighted by Crippen LogP contribution is 2.20. The minimum absolute atomic E-state index is 0.993. The Kier molecular flexibility index (Phi) is 4.12. The average molecular weight is 264 g/mol. The predicted octanol–water partition coefficient (Wildman–Crippen LogP) is 4.43. The summed E-state index contributed by atoms with van der Waals surface area (Å²) in [5, 5.41) is 0. The van der Waals surface area contributed by atoms with E-state index >= 15 is 0 Å². The number of hydrogen-bond donors (Lipinski definition) is 0. The van der Waals surface area contributed by atoms with E-state index in [9.17, 15) is 0 Å². The molecule has 3 rings (SSSR count). The molecule has 0 atom stereocenters. The van der Waals surface area contributed by atoms with E-state index in [0.29, 0.717) is 0 Å². The van der Waals surface area contributed by atoms with E-state index < -0.39 is 0 Å². The molecule has 0 spiro atoms. The molecular weight excluding hydrogens is 244 g/mol. The van der Waals surface area contributed by atoms with E-state index in [-0.39, 0.29) is 0 Å². The van der Waals surface area contributed by atoms with Gasteiger partial charge < -0.3 is 4.90 Å². The van der Waals surface area contributed by atoms with Crippen LogP contribution in [0.3, 0.4) is 0 Å². The van der Waals surface area contributed by atoms with Crippen molar-refractivity contribution in [1.82, 2.24) is 0 Å². The molecular formula is C18H20N2. The van der Waals surface area contributed by atoms with E-state index in [4.69, 9.17) is 0 Å². The average Bonchev–Trinajstić information content (AvgIpc) is 2.55. The van der Waals surface area contributed by atoms with Gasteiger partial charge in [-0.15, -0.1) is 0 Å². The molecule has 1 aliphatic rings. The number of rotatable bonds is 3. The van der Waals surface area contributed by atoms with Gasteiger partial charge in [0, 0.05) is 25.0 Å². The first kappa shape index (κ1) is 12.9. The van der Waals surface area contributed by atoms with Crippen LogP contribution in [0.5, 0.6) is 0 Å². The Labute approximate surface area is 120 Å². The maximum Gasteiger partial charge on any atom is 0.0629 e. The number of para-hydroxylation sites is 1. The summed E-state index contributed by atoms with van der Waals surface area (Å²) >= 11 is 0. The van der Waals surface area contributed by atoms with Crippen LogP contribution in [0.2, 0.25) is 0 Å². The quantitative estimate of drug-likeness (QED) is 0.749. The molecule has 0 aromatic heterocycles. The molecule has 0 radical (unpaired) electrons. The molecule has 1 aliphatic heterocycles. The van der Waals surface area contributed by atoms with Gasteiger partial charge in [-0.05, 0) is 49.1 Å². The molecule has 2 heteroatoms. The largest absolute Gasteiger partial charge is 0.372 e. The van der Waals surface area contributed by atoms with E-state index in [1.165, 1.54) is 38.0 Å². The van der Waals surface area contributed by atoms with Crippen LogP contribution in [0.25, 0.3) is 0 Å². The van der Waals surface area contributed by atoms with Crippen LogP contribution in [0, 0.1) is 0 Å². The Hall–Kier alpha value is -2.09. The zero-order valence-electron chi connectivity index (χ0n) is 11.7. The third-order valence-electron chi connectivity index (χ3n) is 3.73. The van der Waals surface area contributed by atoms with Crippen molar-refractivity contribution in [3.05, 3.63) is 60.2 Å². The number of anilines is 1. The molecule has 2 nitrogen and oxygen atoms in total. The zero-order valence-corrected chi connectivity index (χ0v) is 11.7. The lowest BCUT2D eigenvalue weighted by Crippen LogP contribution is -2.29. The summed E-state index contributed by atoms with van der Waals surface area (Å²) in [6.07, 6.45) is 5.93. The second kappa shape index (κ2) is 6.38. The van der Waals surface area contributed by atoms with Crippen LogP contribution in [0.15, 0.2) is 59.6 Å². The summed E-state index contributed by atoms with van der Waals surface area (Å²) in [5.74, 6) is 0. The summed E-state index contributed by atoms with van der Waals surface area (Å²) in [6, 6.07) is 18.8. The van der Waals surface area contributed by atoms with Crippen molar-refractivity contribution in [3.8, 4) is 0 Å². The Morgan fingerprint density at radius 2 is 1.50 bits per heavy atom. The summed E-state index contributed by atoms with van der Waals surface area (Å²) in [4.78, 5) is 6.95. The van der Waals surface area contributed by atoms with Gasteiger partial charge in [-0.3, -0.25) is 4.99 Å². The molecule has 0 saturated carbocycles. The first-order valence-corrected chi connectivity index (χ1v) is 7.36. The van der Waals surface area contributed by atoms with Gasteiger partial charge in [0.25, 0.3) is 0 Å². The Morgan fingerprint density at radius 1 is 0.800 bits per heavy atom. The molecule has 20 heavy (non-hydrogen) atoms. The number of benzene rings is 2. The molecule has 1 saturated heterocycles. The van der Waals surface area contributed by atoms with Crippen LogP contribution in [0.1, 0.15) is 24.8 Å². The number of hydrogen-bond acceptors (Lipinski definition) is 2. The van der Waals surface area contributed by atoms with Crippen molar-refractivity contribution in [2.45, 2.75) is 19.3 Å². The van der Waals surface area contributed by atoms with Gasteiger partial charge in [0.1, 0.15) is 0 Å². The third kappa shape index (κ3) is 3.27. The van der Waals surface area contributed by atoms with Crippen LogP contribution < -0.4 is 4.90 Å². The number of nitrogens with zero attached hydrogens (tertiary/aromatic N) is 2. The van der Waals surface area contributed by atoms with E-state index in [1.807, 2.05) is 36.5 Å². The predicted molar refractivity (Wildman–Crippen MR) is 86.2 cm³/mol. The third-order valence-corrected chi connectivity index (χ3v) is 3.73. The molecule has 1 fully saturated rings. The summed E-state index contributed by atoms with van der Waals surface area (Å²) in [5.41, 5.74) is 3.48. The van der Waals surface area contributed by atoms with Crippen molar-refractivity contribution in [3.63, 3.8) is 0 Å². The minimum Gasteiger partial charge on any atom is -0.372 e. The molecule has 2 aromatic rings. The molecule has 0 unspecified atom stereocenters. The maximum atomic E-state index is 4.48. The summed E-state index contributed by atoms with van der Waals surface area (Å²) in [6.45, 7) is 2.38. The number of piperidine rings is 1. The van der Waals surface area contributed by atoms with Gasteiger partial charge in [0.2, 0.25) is 0 Å². The molecule has 0 N–H and O–H groups in total. The van der Waals surface area contributed by atoms with Gasteiger partial charge in [-0.1, -0.05) is 30.3 Å². The van der Waals surface area contributed by atoms with Crippen molar-refractivity contribution >= 4 is 17.6 Å². The fourth-order valence-corrected chi connectivity index (χ4v) is 2.59. The monoisotopic (exact) mass is 264 g/mol. The standard InChI is InChI=1S/C18H20N2/c1-3-7-17(8-4-1)19-15-16-9-11-18(12-10-16)20-13-5-2-6-14-20/h1,3-4,7-12,15H,2,5-6,13-14H2. The fraction of sp³-hybridized carbons (Fsp3) is 0.278. The van der Waals surface area contributed by atoms with Crippen molar-refractivity contribution in [2.75, 3.05) is 18.0 Å². The lowest BCUT2D eigenvalue weighted by Gasteiger charge is -2.28. The van der Waals surface area contributed by atoms with Crippen molar-refractivity contribution in [1.29, 1.82) is 0 Å². The lowest BCUT2D eigenvalue weighted by molar-refractivity contribution is 0.578. The highest BCUT2D eigenvalue weighted by Gasteiger charge is 2.09. The zero-order chi connectivity index (χ0) is 13.6.